The number of hydrogen-bond acceptors (Lipinski definition) is 3. The molecule has 0 fully saturated rings. The average molecular weight is 363 g/mol. The van der Waals surface area contributed by atoms with Crippen LogP contribution in [-0.2, 0) is 26.3 Å². The number of halogens is 3. The molecule has 6 nitrogen and oxygen atoms in total. The normalized spacial score (nSPS) is 11.5. The quantitative estimate of drug-likeness (QED) is 0.758. The molecule has 0 aliphatic carbocycles. The summed E-state index contributed by atoms with van der Waals surface area (Å²) in [4.78, 5) is 16.1. The van der Waals surface area contributed by atoms with Crippen molar-refractivity contribution in [2.75, 3.05) is 0 Å². The van der Waals surface area contributed by atoms with Gasteiger partial charge in [0.2, 0.25) is 0 Å². The standard InChI is InChI=1S/C17H16F3N5O/c1-24-10-14(15(23-24)17(18,19)20)16(26)22-8-12-3-2-4-13(7-12)9-25-6-5-21-11-25/h2-7,10-11H,8-9H2,1H3,(H,22,26). The van der Waals surface area contributed by atoms with Crippen molar-refractivity contribution in [3.05, 3.63) is 71.6 Å². The Hall–Kier alpha value is -3.10. The Labute approximate surface area is 147 Å². The van der Waals surface area contributed by atoms with Gasteiger partial charge in [-0.2, -0.15) is 18.3 Å². The van der Waals surface area contributed by atoms with E-state index in [4.69, 9.17) is 0 Å². The first-order valence-corrected chi connectivity index (χ1v) is 7.75. The van der Waals surface area contributed by atoms with Crippen LogP contribution >= 0.6 is 0 Å². The van der Waals surface area contributed by atoms with Gasteiger partial charge in [-0.3, -0.25) is 9.48 Å². The summed E-state index contributed by atoms with van der Waals surface area (Å²) in [5, 5.41) is 5.85. The van der Waals surface area contributed by atoms with Crippen LogP contribution in [0.4, 0.5) is 13.2 Å². The van der Waals surface area contributed by atoms with Crippen LogP contribution in [0.5, 0.6) is 0 Å². The minimum Gasteiger partial charge on any atom is -0.348 e. The van der Waals surface area contributed by atoms with E-state index in [1.54, 1.807) is 18.6 Å². The summed E-state index contributed by atoms with van der Waals surface area (Å²) in [5.74, 6) is -0.814. The Bertz CT molecular complexity index is 900. The molecule has 0 saturated heterocycles. The second-order valence-corrected chi connectivity index (χ2v) is 5.80. The smallest absolute Gasteiger partial charge is 0.348 e. The molecule has 2 aromatic heterocycles. The number of aryl methyl sites for hydroxylation is 1. The van der Waals surface area contributed by atoms with Crippen molar-refractivity contribution in [1.82, 2.24) is 24.6 Å². The molecule has 3 aromatic rings. The number of aromatic nitrogens is 4. The number of nitrogens with zero attached hydrogens (tertiary/aromatic N) is 4. The van der Waals surface area contributed by atoms with Gasteiger partial charge in [-0.15, -0.1) is 0 Å². The summed E-state index contributed by atoms with van der Waals surface area (Å²) in [7, 11) is 1.34. The zero-order chi connectivity index (χ0) is 18.7. The average Bonchev–Trinajstić information content (AvgIpc) is 3.22. The first-order chi connectivity index (χ1) is 12.3. The van der Waals surface area contributed by atoms with Crippen molar-refractivity contribution in [2.45, 2.75) is 19.3 Å². The van der Waals surface area contributed by atoms with Crippen molar-refractivity contribution >= 4 is 5.91 Å². The first kappa shape index (κ1) is 17.7. The van der Waals surface area contributed by atoms with Crippen LogP contribution in [0.25, 0.3) is 0 Å². The summed E-state index contributed by atoms with van der Waals surface area (Å²) in [6.07, 6.45) is 1.58. The number of carbonyl (C=O) groups is 1. The van der Waals surface area contributed by atoms with Crippen molar-refractivity contribution < 1.29 is 18.0 Å². The van der Waals surface area contributed by atoms with Gasteiger partial charge in [-0.05, 0) is 11.1 Å². The van der Waals surface area contributed by atoms with E-state index in [1.807, 2.05) is 29.0 Å². The molecular formula is C17H16F3N5O. The van der Waals surface area contributed by atoms with Crippen LogP contribution in [0.3, 0.4) is 0 Å². The summed E-state index contributed by atoms with van der Waals surface area (Å²) in [6.45, 7) is 0.728. The highest BCUT2D eigenvalue weighted by molar-refractivity contribution is 5.95. The highest BCUT2D eigenvalue weighted by atomic mass is 19.4. The predicted molar refractivity (Wildman–Crippen MR) is 87.2 cm³/mol. The van der Waals surface area contributed by atoms with Crippen molar-refractivity contribution in [3.63, 3.8) is 0 Å². The van der Waals surface area contributed by atoms with E-state index in [1.165, 1.54) is 7.05 Å². The van der Waals surface area contributed by atoms with Crippen molar-refractivity contribution in [3.8, 4) is 0 Å². The lowest BCUT2D eigenvalue weighted by Crippen LogP contribution is -2.25. The van der Waals surface area contributed by atoms with Gasteiger partial charge >= 0.3 is 6.18 Å². The lowest BCUT2D eigenvalue weighted by atomic mass is 10.1. The zero-order valence-corrected chi connectivity index (χ0v) is 13.9. The Morgan fingerprint density at radius 2 is 2.04 bits per heavy atom. The number of carbonyl (C=O) groups excluding carboxylic acids is 1. The maximum absolute atomic E-state index is 13.0. The largest absolute Gasteiger partial charge is 0.435 e. The fourth-order valence-electron chi connectivity index (χ4n) is 2.57. The Morgan fingerprint density at radius 1 is 1.27 bits per heavy atom. The third-order valence-corrected chi connectivity index (χ3v) is 3.71. The fraction of sp³-hybridized carbons (Fsp3) is 0.235. The molecule has 136 valence electrons. The van der Waals surface area contributed by atoms with Crippen LogP contribution < -0.4 is 5.32 Å². The Kier molecular flexibility index (Phi) is 4.79. The van der Waals surface area contributed by atoms with Crippen LogP contribution in [0.1, 0.15) is 27.2 Å². The third kappa shape index (κ3) is 4.11. The molecule has 3 rings (SSSR count). The number of nitrogens with one attached hydrogen (secondary N) is 1. The van der Waals surface area contributed by atoms with Gasteiger partial charge in [0.25, 0.3) is 5.91 Å². The SMILES string of the molecule is Cn1cc(C(=O)NCc2cccc(Cn3ccnc3)c2)c(C(F)(F)F)n1. The van der Waals surface area contributed by atoms with E-state index in [0.29, 0.717) is 6.54 Å². The number of rotatable bonds is 5. The van der Waals surface area contributed by atoms with E-state index in [-0.39, 0.29) is 6.54 Å². The molecule has 0 atom stereocenters. The van der Waals surface area contributed by atoms with Crippen molar-refractivity contribution in [1.29, 1.82) is 0 Å². The minimum absolute atomic E-state index is 0.114. The number of amides is 1. The predicted octanol–water partition coefficient (Wildman–Crippen LogP) is 2.61. The molecule has 0 saturated carbocycles. The number of hydrogen-bond donors (Lipinski definition) is 1. The molecule has 2 heterocycles. The molecule has 0 aliphatic rings. The van der Waals surface area contributed by atoms with E-state index in [9.17, 15) is 18.0 Å². The van der Waals surface area contributed by atoms with E-state index < -0.39 is 23.3 Å². The third-order valence-electron chi connectivity index (χ3n) is 3.71. The van der Waals surface area contributed by atoms with Crippen LogP contribution in [0, 0.1) is 0 Å². The molecular weight excluding hydrogens is 347 g/mol. The van der Waals surface area contributed by atoms with Gasteiger partial charge in [-0.1, -0.05) is 24.3 Å². The maximum atomic E-state index is 13.0. The van der Waals surface area contributed by atoms with Gasteiger partial charge in [0.15, 0.2) is 5.69 Å². The highest BCUT2D eigenvalue weighted by Gasteiger charge is 2.38. The van der Waals surface area contributed by atoms with Gasteiger partial charge in [0.05, 0.1) is 11.9 Å². The van der Waals surface area contributed by atoms with Crippen LogP contribution in [0.15, 0.2) is 49.2 Å². The molecule has 1 N–H and O–H groups in total. The number of imidazole rings is 1. The van der Waals surface area contributed by atoms with Crippen LogP contribution in [0.2, 0.25) is 0 Å². The van der Waals surface area contributed by atoms with Crippen LogP contribution in [-0.4, -0.2) is 25.2 Å². The van der Waals surface area contributed by atoms with E-state index in [0.717, 1.165) is 22.0 Å². The number of benzene rings is 1. The zero-order valence-electron chi connectivity index (χ0n) is 13.9. The van der Waals surface area contributed by atoms with E-state index in [2.05, 4.69) is 15.4 Å². The molecule has 1 amide bonds. The monoisotopic (exact) mass is 363 g/mol. The summed E-state index contributed by atoms with van der Waals surface area (Å²) in [5.41, 5.74) is 0.0986. The lowest BCUT2D eigenvalue weighted by molar-refractivity contribution is -0.141. The molecule has 0 radical (unpaired) electrons. The fourth-order valence-corrected chi connectivity index (χ4v) is 2.57. The molecule has 0 spiro atoms. The van der Waals surface area contributed by atoms with Crippen molar-refractivity contribution in [2.24, 2.45) is 7.05 Å². The number of alkyl halides is 3. The molecule has 26 heavy (non-hydrogen) atoms. The first-order valence-electron chi connectivity index (χ1n) is 7.75. The highest BCUT2D eigenvalue weighted by Crippen LogP contribution is 2.30. The lowest BCUT2D eigenvalue weighted by Gasteiger charge is -2.09. The summed E-state index contributed by atoms with van der Waals surface area (Å²) < 4.78 is 41.7. The Balaban J connectivity index is 1.69. The second kappa shape index (κ2) is 7.03. The topological polar surface area (TPSA) is 64.7 Å². The van der Waals surface area contributed by atoms with Gasteiger partial charge in [0, 0.05) is 38.7 Å². The molecule has 9 heteroatoms. The maximum Gasteiger partial charge on any atom is 0.435 e. The van der Waals surface area contributed by atoms with Gasteiger partial charge in [-0.25, -0.2) is 4.98 Å². The molecule has 0 bridgehead atoms. The second-order valence-electron chi connectivity index (χ2n) is 5.80. The minimum atomic E-state index is -4.68. The molecule has 0 aliphatic heterocycles. The molecule has 1 aromatic carbocycles. The van der Waals surface area contributed by atoms with E-state index >= 15 is 0 Å². The summed E-state index contributed by atoms with van der Waals surface area (Å²) >= 11 is 0. The molecule has 0 unspecified atom stereocenters. The Morgan fingerprint density at radius 3 is 2.73 bits per heavy atom. The summed E-state index contributed by atoms with van der Waals surface area (Å²) in [6, 6.07) is 7.44. The van der Waals surface area contributed by atoms with Gasteiger partial charge in [0.1, 0.15) is 0 Å². The van der Waals surface area contributed by atoms with Gasteiger partial charge < -0.3 is 9.88 Å².